The second-order valence-electron chi connectivity index (χ2n) is 7.57. The maximum Gasteiger partial charge on any atom is 0.325 e. The summed E-state index contributed by atoms with van der Waals surface area (Å²) in [5, 5.41) is 2.55. The van der Waals surface area contributed by atoms with Crippen molar-refractivity contribution >= 4 is 17.8 Å². The Morgan fingerprint density at radius 1 is 1.03 bits per heavy atom. The van der Waals surface area contributed by atoms with Gasteiger partial charge in [0.15, 0.2) is 6.61 Å². The Bertz CT molecular complexity index is 870. The van der Waals surface area contributed by atoms with Crippen LogP contribution in [-0.2, 0) is 26.3 Å². The maximum absolute atomic E-state index is 12.2. The first kappa shape index (κ1) is 21.9. The Balaban J connectivity index is 1.80. The molecule has 0 aliphatic carbocycles. The fraction of sp³-hybridized carbons (Fsp3) is 0.318. The highest BCUT2D eigenvalue weighted by atomic mass is 16.5. The van der Waals surface area contributed by atoms with E-state index in [-0.39, 0.29) is 31.1 Å². The SMILES string of the molecule is CC(C)(C)c1ccc(C(=O)NCC(=O)OCc2cccc(OCC(N)=O)c2)cc1. The van der Waals surface area contributed by atoms with Crippen molar-refractivity contribution in [3.63, 3.8) is 0 Å². The largest absolute Gasteiger partial charge is 0.484 e. The summed E-state index contributed by atoms with van der Waals surface area (Å²) in [4.78, 5) is 34.8. The van der Waals surface area contributed by atoms with Crippen LogP contribution in [0.25, 0.3) is 0 Å². The summed E-state index contributed by atoms with van der Waals surface area (Å²) in [6.07, 6.45) is 0. The number of hydrogen-bond donors (Lipinski definition) is 2. The van der Waals surface area contributed by atoms with Crippen LogP contribution in [0.15, 0.2) is 48.5 Å². The van der Waals surface area contributed by atoms with E-state index < -0.39 is 11.9 Å². The van der Waals surface area contributed by atoms with E-state index >= 15 is 0 Å². The van der Waals surface area contributed by atoms with Gasteiger partial charge in [0.1, 0.15) is 18.9 Å². The number of benzene rings is 2. The van der Waals surface area contributed by atoms with Crippen LogP contribution in [0.3, 0.4) is 0 Å². The van der Waals surface area contributed by atoms with E-state index in [0.29, 0.717) is 16.9 Å². The molecule has 0 unspecified atom stereocenters. The van der Waals surface area contributed by atoms with Crippen molar-refractivity contribution in [1.82, 2.24) is 5.32 Å². The second-order valence-corrected chi connectivity index (χ2v) is 7.57. The molecule has 7 heteroatoms. The van der Waals surface area contributed by atoms with Crippen LogP contribution >= 0.6 is 0 Å². The monoisotopic (exact) mass is 398 g/mol. The molecule has 0 fully saturated rings. The molecule has 0 atom stereocenters. The molecule has 0 saturated carbocycles. The van der Waals surface area contributed by atoms with Crippen LogP contribution in [0, 0.1) is 0 Å². The molecule has 154 valence electrons. The summed E-state index contributed by atoms with van der Waals surface area (Å²) in [6.45, 7) is 5.83. The van der Waals surface area contributed by atoms with Crippen molar-refractivity contribution < 1.29 is 23.9 Å². The number of esters is 1. The van der Waals surface area contributed by atoms with Crippen LogP contribution in [0.1, 0.15) is 42.3 Å². The Morgan fingerprint density at radius 2 is 1.72 bits per heavy atom. The van der Waals surface area contributed by atoms with Gasteiger partial charge in [0, 0.05) is 5.56 Å². The number of rotatable bonds is 8. The fourth-order valence-electron chi connectivity index (χ4n) is 2.47. The first-order valence-corrected chi connectivity index (χ1v) is 9.19. The zero-order valence-corrected chi connectivity index (χ0v) is 16.9. The molecule has 0 aliphatic rings. The molecule has 2 amide bonds. The molecule has 7 nitrogen and oxygen atoms in total. The van der Waals surface area contributed by atoms with Crippen molar-refractivity contribution in [3.05, 3.63) is 65.2 Å². The lowest BCUT2D eigenvalue weighted by atomic mass is 9.87. The highest BCUT2D eigenvalue weighted by Crippen LogP contribution is 2.22. The third kappa shape index (κ3) is 7.29. The van der Waals surface area contributed by atoms with Gasteiger partial charge in [0.05, 0.1) is 0 Å². The highest BCUT2D eigenvalue weighted by molar-refractivity contribution is 5.95. The summed E-state index contributed by atoms with van der Waals surface area (Å²) in [7, 11) is 0. The van der Waals surface area contributed by atoms with Gasteiger partial charge >= 0.3 is 5.97 Å². The van der Waals surface area contributed by atoms with Crippen LogP contribution in [0.2, 0.25) is 0 Å². The number of carbonyl (C=O) groups is 3. The molecule has 0 aromatic heterocycles. The number of hydrogen-bond acceptors (Lipinski definition) is 5. The van der Waals surface area contributed by atoms with Gasteiger partial charge in [-0.15, -0.1) is 0 Å². The molecule has 0 aliphatic heterocycles. The smallest absolute Gasteiger partial charge is 0.325 e. The van der Waals surface area contributed by atoms with Gasteiger partial charge in [-0.25, -0.2) is 0 Å². The van der Waals surface area contributed by atoms with Crippen molar-refractivity contribution in [2.45, 2.75) is 32.8 Å². The topological polar surface area (TPSA) is 108 Å². The minimum Gasteiger partial charge on any atom is -0.484 e. The number of amides is 2. The van der Waals surface area contributed by atoms with Crippen LogP contribution < -0.4 is 15.8 Å². The third-order valence-electron chi connectivity index (χ3n) is 4.09. The Hall–Kier alpha value is -3.35. The van der Waals surface area contributed by atoms with Gasteiger partial charge in [-0.2, -0.15) is 0 Å². The molecule has 0 heterocycles. The van der Waals surface area contributed by atoms with E-state index in [2.05, 4.69) is 26.1 Å². The minimum absolute atomic E-state index is 0.000995. The molecular weight excluding hydrogens is 372 g/mol. The average molecular weight is 398 g/mol. The molecule has 2 aromatic carbocycles. The first-order chi connectivity index (χ1) is 13.6. The summed E-state index contributed by atoms with van der Waals surface area (Å²) in [6, 6.07) is 14.0. The average Bonchev–Trinajstić information content (AvgIpc) is 2.68. The molecule has 29 heavy (non-hydrogen) atoms. The van der Waals surface area contributed by atoms with E-state index in [4.69, 9.17) is 15.2 Å². The van der Waals surface area contributed by atoms with Gasteiger partial charge in [0.2, 0.25) is 0 Å². The lowest BCUT2D eigenvalue weighted by Gasteiger charge is -2.19. The molecular formula is C22H26N2O5. The quantitative estimate of drug-likeness (QED) is 0.664. The third-order valence-corrected chi connectivity index (χ3v) is 4.09. The zero-order valence-electron chi connectivity index (χ0n) is 16.9. The molecule has 0 saturated heterocycles. The Morgan fingerprint density at radius 3 is 2.34 bits per heavy atom. The summed E-state index contributed by atoms with van der Waals surface area (Å²) < 4.78 is 10.4. The Kier molecular flexibility index (Phi) is 7.36. The second kappa shape index (κ2) is 9.73. The summed E-state index contributed by atoms with van der Waals surface area (Å²) in [5.74, 6) is -1.03. The highest BCUT2D eigenvalue weighted by Gasteiger charge is 2.15. The van der Waals surface area contributed by atoms with E-state index in [1.807, 2.05) is 12.1 Å². The van der Waals surface area contributed by atoms with E-state index in [1.54, 1.807) is 36.4 Å². The fourth-order valence-corrected chi connectivity index (χ4v) is 2.47. The lowest BCUT2D eigenvalue weighted by Crippen LogP contribution is -2.30. The first-order valence-electron chi connectivity index (χ1n) is 9.19. The normalized spacial score (nSPS) is 10.9. The molecule has 0 radical (unpaired) electrons. The van der Waals surface area contributed by atoms with Crippen molar-refractivity contribution in [2.24, 2.45) is 5.73 Å². The summed E-state index contributed by atoms with van der Waals surface area (Å²) in [5.41, 5.74) is 7.32. The number of primary amides is 1. The summed E-state index contributed by atoms with van der Waals surface area (Å²) >= 11 is 0. The number of carbonyl (C=O) groups excluding carboxylic acids is 3. The number of nitrogens with one attached hydrogen (secondary N) is 1. The molecule has 2 rings (SSSR count). The van der Waals surface area contributed by atoms with Crippen molar-refractivity contribution in [1.29, 1.82) is 0 Å². The lowest BCUT2D eigenvalue weighted by molar-refractivity contribution is -0.143. The van der Waals surface area contributed by atoms with Gasteiger partial charge in [-0.3, -0.25) is 14.4 Å². The van der Waals surface area contributed by atoms with Crippen LogP contribution in [-0.4, -0.2) is 30.9 Å². The maximum atomic E-state index is 12.2. The number of nitrogens with two attached hydrogens (primary N) is 1. The minimum atomic E-state index is -0.578. The van der Waals surface area contributed by atoms with E-state index in [9.17, 15) is 14.4 Å². The van der Waals surface area contributed by atoms with Gasteiger partial charge < -0.3 is 20.5 Å². The van der Waals surface area contributed by atoms with E-state index in [1.165, 1.54) is 0 Å². The Labute approximate surface area is 170 Å². The van der Waals surface area contributed by atoms with Gasteiger partial charge in [-0.05, 0) is 40.8 Å². The van der Waals surface area contributed by atoms with Gasteiger partial charge in [0.25, 0.3) is 11.8 Å². The number of ether oxygens (including phenoxy) is 2. The van der Waals surface area contributed by atoms with Crippen molar-refractivity contribution in [3.8, 4) is 5.75 Å². The molecule has 3 N–H and O–H groups in total. The van der Waals surface area contributed by atoms with E-state index in [0.717, 1.165) is 5.56 Å². The molecule has 0 bridgehead atoms. The van der Waals surface area contributed by atoms with Crippen LogP contribution in [0.4, 0.5) is 0 Å². The zero-order chi connectivity index (χ0) is 21.4. The predicted molar refractivity (Wildman–Crippen MR) is 108 cm³/mol. The standard InChI is InChI=1S/C22H26N2O5/c1-22(2,3)17-9-7-16(8-10-17)21(27)24-12-20(26)29-13-15-5-4-6-18(11-15)28-14-19(23)25/h4-11H,12-14H2,1-3H3,(H2,23,25)(H,24,27). The molecule has 0 spiro atoms. The van der Waals surface area contributed by atoms with Gasteiger partial charge in [-0.1, -0.05) is 45.0 Å². The van der Waals surface area contributed by atoms with Crippen LogP contribution in [0.5, 0.6) is 5.75 Å². The van der Waals surface area contributed by atoms with Crippen molar-refractivity contribution in [2.75, 3.05) is 13.2 Å². The molecule has 2 aromatic rings. The predicted octanol–water partition coefficient (Wildman–Crippen LogP) is 2.32.